The fourth-order valence-electron chi connectivity index (χ4n) is 4.93. The number of amides is 1. The van der Waals surface area contributed by atoms with Crippen molar-refractivity contribution in [3.63, 3.8) is 0 Å². The Hall–Kier alpha value is -4.50. The molecule has 0 bridgehead atoms. The average molecular weight is 562 g/mol. The second-order valence-electron chi connectivity index (χ2n) is 9.60. The van der Waals surface area contributed by atoms with E-state index in [2.05, 4.69) is 6.07 Å². The topological polar surface area (TPSA) is 104 Å². The van der Waals surface area contributed by atoms with Gasteiger partial charge in [0.2, 0.25) is 5.75 Å². The van der Waals surface area contributed by atoms with E-state index in [0.717, 1.165) is 11.1 Å². The SMILES string of the molecule is COCCCN1C(=O)C(=O)/C(=C(/O)c2ccc(OCc3cccc(C)c3)cc2)C1c1cc(OC)c(OC)c(OC)c1. The molecule has 1 aliphatic heterocycles. The molecule has 3 aromatic rings. The molecule has 216 valence electrons. The number of aliphatic hydroxyl groups is 1. The van der Waals surface area contributed by atoms with Gasteiger partial charge in [-0.25, -0.2) is 0 Å². The van der Waals surface area contributed by atoms with Gasteiger partial charge in [0.15, 0.2) is 11.5 Å². The Labute approximate surface area is 239 Å². The molecule has 1 fully saturated rings. The molecule has 9 nitrogen and oxygen atoms in total. The van der Waals surface area contributed by atoms with E-state index in [-0.39, 0.29) is 17.9 Å². The van der Waals surface area contributed by atoms with E-state index < -0.39 is 17.7 Å². The molecule has 0 aromatic heterocycles. The molecule has 41 heavy (non-hydrogen) atoms. The Morgan fingerprint density at radius 2 is 1.59 bits per heavy atom. The first kappa shape index (κ1) is 29.5. The number of likely N-dealkylation sites (tertiary alicyclic amines) is 1. The summed E-state index contributed by atoms with van der Waals surface area (Å²) in [6.07, 6.45) is 0.497. The summed E-state index contributed by atoms with van der Waals surface area (Å²) in [4.78, 5) is 28.1. The van der Waals surface area contributed by atoms with Crippen LogP contribution in [0.5, 0.6) is 23.0 Å². The van der Waals surface area contributed by atoms with Gasteiger partial charge in [-0.2, -0.15) is 0 Å². The number of ether oxygens (including phenoxy) is 5. The largest absolute Gasteiger partial charge is 0.507 e. The third kappa shape index (κ3) is 6.30. The maximum atomic E-state index is 13.4. The minimum absolute atomic E-state index is 0.0323. The molecule has 4 rings (SSSR count). The Kier molecular flexibility index (Phi) is 9.52. The van der Waals surface area contributed by atoms with Gasteiger partial charge < -0.3 is 33.7 Å². The van der Waals surface area contributed by atoms with Crippen LogP contribution in [0.2, 0.25) is 0 Å². The molecule has 0 saturated carbocycles. The highest BCUT2D eigenvalue weighted by Crippen LogP contribution is 2.45. The van der Waals surface area contributed by atoms with Crippen LogP contribution in [-0.2, 0) is 20.9 Å². The lowest BCUT2D eigenvalue weighted by atomic mass is 9.94. The van der Waals surface area contributed by atoms with Crippen molar-refractivity contribution in [3.8, 4) is 23.0 Å². The minimum Gasteiger partial charge on any atom is -0.507 e. The first-order chi connectivity index (χ1) is 19.8. The van der Waals surface area contributed by atoms with Gasteiger partial charge in [0.25, 0.3) is 11.7 Å². The number of methoxy groups -OCH3 is 4. The molecule has 1 atom stereocenters. The van der Waals surface area contributed by atoms with Gasteiger partial charge >= 0.3 is 0 Å². The van der Waals surface area contributed by atoms with Gasteiger partial charge in [-0.15, -0.1) is 0 Å². The minimum atomic E-state index is -0.891. The van der Waals surface area contributed by atoms with Gasteiger partial charge in [-0.3, -0.25) is 9.59 Å². The second kappa shape index (κ2) is 13.2. The lowest BCUT2D eigenvalue weighted by Gasteiger charge is -2.26. The molecule has 1 unspecified atom stereocenters. The van der Waals surface area contributed by atoms with Gasteiger partial charge in [0.05, 0.1) is 32.9 Å². The standard InChI is InChI=1S/C32H35NO8/c1-20-8-6-9-21(16-20)19-41-24-12-10-22(11-13-24)29(34)27-28(33(14-7-15-37-2)32(36)30(27)35)23-17-25(38-3)31(40-5)26(18-23)39-4/h6,8-13,16-18,28,34H,7,14-15,19H2,1-5H3/b29-27+. The van der Waals surface area contributed by atoms with Crippen molar-refractivity contribution < 1.29 is 38.4 Å². The number of hydrogen-bond donors (Lipinski definition) is 1. The Balaban J connectivity index is 1.73. The predicted molar refractivity (Wildman–Crippen MR) is 154 cm³/mol. The summed E-state index contributed by atoms with van der Waals surface area (Å²) in [6.45, 7) is 3.05. The van der Waals surface area contributed by atoms with Crippen molar-refractivity contribution in [2.45, 2.75) is 26.0 Å². The van der Waals surface area contributed by atoms with Crippen LogP contribution in [0, 0.1) is 6.92 Å². The molecule has 0 spiro atoms. The zero-order valence-corrected chi connectivity index (χ0v) is 23.9. The number of aryl methyl sites for hydroxylation is 1. The van der Waals surface area contributed by atoms with Crippen molar-refractivity contribution in [2.24, 2.45) is 0 Å². The summed E-state index contributed by atoms with van der Waals surface area (Å²) in [6, 6.07) is 17.2. The average Bonchev–Trinajstić information content (AvgIpc) is 3.24. The van der Waals surface area contributed by atoms with E-state index in [9.17, 15) is 14.7 Å². The first-order valence-corrected chi connectivity index (χ1v) is 13.2. The highest BCUT2D eigenvalue weighted by Gasteiger charge is 2.46. The maximum absolute atomic E-state index is 13.4. The molecule has 0 radical (unpaired) electrons. The van der Waals surface area contributed by atoms with Crippen LogP contribution in [0.4, 0.5) is 0 Å². The van der Waals surface area contributed by atoms with Crippen molar-refractivity contribution in [1.29, 1.82) is 0 Å². The third-order valence-corrected chi connectivity index (χ3v) is 6.91. The van der Waals surface area contributed by atoms with E-state index in [1.54, 1.807) is 43.5 Å². The number of nitrogens with zero attached hydrogens (tertiary/aromatic N) is 1. The molecule has 1 heterocycles. The summed E-state index contributed by atoms with van der Waals surface area (Å²) >= 11 is 0. The summed E-state index contributed by atoms with van der Waals surface area (Å²) < 4.78 is 27.5. The van der Waals surface area contributed by atoms with E-state index in [1.165, 1.54) is 26.2 Å². The second-order valence-corrected chi connectivity index (χ2v) is 9.60. The molecular formula is C32H35NO8. The smallest absolute Gasteiger partial charge is 0.295 e. The zero-order valence-electron chi connectivity index (χ0n) is 23.9. The van der Waals surface area contributed by atoms with Crippen molar-refractivity contribution in [2.75, 3.05) is 41.6 Å². The van der Waals surface area contributed by atoms with Crippen molar-refractivity contribution in [3.05, 3.63) is 88.5 Å². The number of carbonyl (C=O) groups excluding carboxylic acids is 2. The number of aliphatic hydroxyl groups excluding tert-OH is 1. The fraction of sp³-hybridized carbons (Fsp3) is 0.312. The fourth-order valence-corrected chi connectivity index (χ4v) is 4.93. The molecule has 1 saturated heterocycles. The predicted octanol–water partition coefficient (Wildman–Crippen LogP) is 5.06. The summed E-state index contributed by atoms with van der Waals surface area (Å²) in [5.41, 5.74) is 3.05. The quantitative estimate of drug-likeness (QED) is 0.142. The van der Waals surface area contributed by atoms with E-state index >= 15 is 0 Å². The summed E-state index contributed by atoms with van der Waals surface area (Å²) in [5, 5.41) is 11.4. The van der Waals surface area contributed by atoms with Gasteiger partial charge in [-0.05, 0) is 60.9 Å². The lowest BCUT2D eigenvalue weighted by Crippen LogP contribution is -2.31. The summed E-state index contributed by atoms with van der Waals surface area (Å²) in [5.74, 6) is -0.0843. The molecule has 1 aliphatic rings. The summed E-state index contributed by atoms with van der Waals surface area (Å²) in [7, 11) is 6.03. The van der Waals surface area contributed by atoms with Crippen LogP contribution in [0.1, 0.15) is 34.7 Å². The molecule has 1 N–H and O–H groups in total. The van der Waals surface area contributed by atoms with Gasteiger partial charge in [0.1, 0.15) is 18.1 Å². The van der Waals surface area contributed by atoms with Crippen molar-refractivity contribution in [1.82, 2.24) is 4.90 Å². The van der Waals surface area contributed by atoms with E-state index in [0.29, 0.717) is 53.8 Å². The maximum Gasteiger partial charge on any atom is 0.295 e. The normalized spacial score (nSPS) is 16.1. The Morgan fingerprint density at radius 3 is 2.17 bits per heavy atom. The number of carbonyl (C=O) groups is 2. The van der Waals surface area contributed by atoms with Crippen LogP contribution in [0.25, 0.3) is 5.76 Å². The third-order valence-electron chi connectivity index (χ3n) is 6.91. The van der Waals surface area contributed by atoms with Crippen LogP contribution < -0.4 is 18.9 Å². The number of rotatable bonds is 12. The number of hydrogen-bond acceptors (Lipinski definition) is 8. The van der Waals surface area contributed by atoms with Crippen LogP contribution >= 0.6 is 0 Å². The Bertz CT molecular complexity index is 1400. The molecule has 9 heteroatoms. The molecular weight excluding hydrogens is 526 g/mol. The number of Topliss-reactive ketones (excluding diaryl/α,β-unsaturated/α-hetero) is 1. The lowest BCUT2D eigenvalue weighted by molar-refractivity contribution is -0.140. The van der Waals surface area contributed by atoms with E-state index in [4.69, 9.17) is 23.7 Å². The highest BCUT2D eigenvalue weighted by molar-refractivity contribution is 6.46. The highest BCUT2D eigenvalue weighted by atomic mass is 16.5. The zero-order chi connectivity index (χ0) is 29.5. The van der Waals surface area contributed by atoms with Crippen LogP contribution in [0.15, 0.2) is 66.2 Å². The molecule has 3 aromatic carbocycles. The van der Waals surface area contributed by atoms with Gasteiger partial charge in [0, 0.05) is 25.8 Å². The first-order valence-electron chi connectivity index (χ1n) is 13.2. The number of ketones is 1. The monoisotopic (exact) mass is 561 g/mol. The number of benzene rings is 3. The van der Waals surface area contributed by atoms with Gasteiger partial charge in [-0.1, -0.05) is 29.8 Å². The van der Waals surface area contributed by atoms with Crippen LogP contribution in [-0.4, -0.2) is 63.3 Å². The molecule has 1 amide bonds. The van der Waals surface area contributed by atoms with Crippen molar-refractivity contribution >= 4 is 17.4 Å². The molecule has 0 aliphatic carbocycles. The van der Waals surface area contributed by atoms with E-state index in [1.807, 2.05) is 25.1 Å². The Morgan fingerprint density at radius 1 is 0.902 bits per heavy atom. The van der Waals surface area contributed by atoms with Crippen LogP contribution in [0.3, 0.4) is 0 Å².